The molecule has 8 heavy (non-hydrogen) atoms. The number of alkyl halides is 3. The summed E-state index contributed by atoms with van der Waals surface area (Å²) >= 11 is -0.124. The Labute approximate surface area is 57.4 Å². The van der Waals surface area contributed by atoms with Crippen molar-refractivity contribution < 1.29 is 0 Å². The zero-order valence-electron chi connectivity index (χ0n) is 4.94. The molecule has 3 fully saturated rings. The van der Waals surface area contributed by atoms with Gasteiger partial charge >= 0.3 is 57.3 Å². The van der Waals surface area contributed by atoms with E-state index in [0.717, 1.165) is 0 Å². The average molecular weight is 222 g/mol. The summed E-state index contributed by atoms with van der Waals surface area (Å²) in [6.07, 6.45) is 3.31. The standard InChI is InChI=1S/C7H11I/c1-2-8-4-6-3-5(1)7(6)8/h5-7H,1-4H2. The van der Waals surface area contributed by atoms with Crippen LogP contribution in [0.4, 0.5) is 0 Å². The molecule has 3 rings (SSSR count). The van der Waals surface area contributed by atoms with Crippen molar-refractivity contribution in [1.29, 1.82) is 0 Å². The molecule has 1 aliphatic carbocycles. The first-order chi connectivity index (χ1) is 3.95. The van der Waals surface area contributed by atoms with Crippen molar-refractivity contribution in [1.82, 2.24) is 0 Å². The van der Waals surface area contributed by atoms with Crippen LogP contribution in [0.2, 0.25) is 0 Å². The molecule has 1 heteroatoms. The molecule has 0 spiro atoms. The van der Waals surface area contributed by atoms with Gasteiger partial charge < -0.3 is 0 Å². The molecule has 3 atom stereocenters. The Balaban J connectivity index is 1.96. The second kappa shape index (κ2) is 1.25. The summed E-state index contributed by atoms with van der Waals surface area (Å²) < 4.78 is 4.93. The van der Waals surface area contributed by atoms with Crippen molar-refractivity contribution in [3.05, 3.63) is 0 Å². The fourth-order valence-electron chi connectivity index (χ4n) is 2.50. The van der Waals surface area contributed by atoms with E-state index in [0.29, 0.717) is 0 Å². The average Bonchev–Trinajstić information content (AvgIpc) is 2.02. The molecule has 0 aromatic heterocycles. The van der Waals surface area contributed by atoms with E-state index in [1.807, 2.05) is 0 Å². The molecule has 2 saturated heterocycles. The Kier molecular flexibility index (Phi) is 0.708. The van der Waals surface area contributed by atoms with Gasteiger partial charge in [-0.25, -0.2) is 0 Å². The van der Waals surface area contributed by atoms with Gasteiger partial charge in [-0.1, -0.05) is 0 Å². The quantitative estimate of drug-likeness (QED) is 0.434. The van der Waals surface area contributed by atoms with E-state index in [4.69, 9.17) is 0 Å². The van der Waals surface area contributed by atoms with Crippen LogP contribution in [0.25, 0.3) is 0 Å². The first-order valence-corrected chi connectivity index (χ1v) is 7.85. The van der Waals surface area contributed by atoms with Crippen LogP contribution in [0.5, 0.6) is 0 Å². The molecule has 0 nitrogen and oxygen atoms in total. The van der Waals surface area contributed by atoms with E-state index in [-0.39, 0.29) is 19.8 Å². The Morgan fingerprint density at radius 2 is 2.25 bits per heavy atom. The van der Waals surface area contributed by atoms with Gasteiger partial charge in [-0.2, -0.15) is 0 Å². The van der Waals surface area contributed by atoms with Gasteiger partial charge in [-0.05, 0) is 0 Å². The zero-order valence-corrected chi connectivity index (χ0v) is 7.10. The van der Waals surface area contributed by atoms with Crippen LogP contribution in [-0.2, 0) is 0 Å². The first-order valence-electron chi connectivity index (χ1n) is 3.55. The third kappa shape index (κ3) is 0.334. The van der Waals surface area contributed by atoms with Crippen molar-refractivity contribution in [2.75, 3.05) is 8.86 Å². The molecule has 3 unspecified atom stereocenters. The first kappa shape index (κ1) is 4.53. The van der Waals surface area contributed by atoms with Gasteiger partial charge in [0.05, 0.1) is 0 Å². The van der Waals surface area contributed by atoms with Gasteiger partial charge in [0.1, 0.15) is 0 Å². The molecule has 0 bridgehead atoms. The maximum absolute atomic E-state index is 1.77. The van der Waals surface area contributed by atoms with Crippen LogP contribution in [0.1, 0.15) is 12.8 Å². The molecule has 2 aliphatic heterocycles. The van der Waals surface area contributed by atoms with E-state index in [1.165, 1.54) is 15.8 Å². The summed E-state index contributed by atoms with van der Waals surface area (Å²) in [6, 6.07) is 0. The predicted molar refractivity (Wildman–Crippen MR) is 43.8 cm³/mol. The summed E-state index contributed by atoms with van der Waals surface area (Å²) in [5.74, 6) is 2.59. The monoisotopic (exact) mass is 222 g/mol. The van der Waals surface area contributed by atoms with Gasteiger partial charge in [0.2, 0.25) is 0 Å². The summed E-state index contributed by atoms with van der Waals surface area (Å²) in [6.45, 7) is 0. The van der Waals surface area contributed by atoms with E-state index in [9.17, 15) is 0 Å². The van der Waals surface area contributed by atoms with E-state index in [2.05, 4.69) is 0 Å². The van der Waals surface area contributed by atoms with Gasteiger partial charge in [-0.15, -0.1) is 0 Å². The Morgan fingerprint density at radius 3 is 2.88 bits per heavy atom. The topological polar surface area (TPSA) is 0 Å². The maximum atomic E-state index is 1.77. The minimum absolute atomic E-state index is 0.124. The number of rotatable bonds is 0. The van der Waals surface area contributed by atoms with Crippen molar-refractivity contribution >= 4 is 19.8 Å². The van der Waals surface area contributed by atoms with Crippen molar-refractivity contribution in [2.24, 2.45) is 11.8 Å². The Bertz CT molecular complexity index is 114. The summed E-state index contributed by atoms with van der Waals surface area (Å²) in [7, 11) is 0. The molecule has 3 aliphatic rings. The van der Waals surface area contributed by atoms with Crippen molar-refractivity contribution in [3.63, 3.8) is 0 Å². The summed E-state index contributed by atoms with van der Waals surface area (Å²) in [5, 5.41) is 0. The van der Waals surface area contributed by atoms with Gasteiger partial charge in [-0.3, -0.25) is 0 Å². The molecular formula is C7H11I. The minimum atomic E-state index is -0.124. The Morgan fingerprint density at radius 1 is 1.25 bits per heavy atom. The van der Waals surface area contributed by atoms with Crippen molar-refractivity contribution in [3.8, 4) is 0 Å². The molecule has 46 valence electrons. The van der Waals surface area contributed by atoms with Crippen LogP contribution in [0.3, 0.4) is 0 Å². The predicted octanol–water partition coefficient (Wildman–Crippen LogP) is 1.91. The number of halogens is 1. The fraction of sp³-hybridized carbons (Fsp3) is 1.00. The summed E-state index contributed by atoms with van der Waals surface area (Å²) in [5.41, 5.74) is 0. The zero-order chi connectivity index (χ0) is 5.14. The van der Waals surface area contributed by atoms with E-state index >= 15 is 0 Å². The van der Waals surface area contributed by atoms with Crippen molar-refractivity contribution in [2.45, 2.75) is 16.8 Å². The summed E-state index contributed by atoms with van der Waals surface area (Å²) in [4.78, 5) is 0. The number of hydrogen-bond acceptors (Lipinski definition) is 0. The third-order valence-corrected chi connectivity index (χ3v) is 11.3. The molecule has 0 radical (unpaired) electrons. The SMILES string of the molecule is C1CI2CC3CC1C32. The van der Waals surface area contributed by atoms with Crippen LogP contribution in [-0.4, -0.2) is 12.8 Å². The molecule has 0 N–H and O–H groups in total. The van der Waals surface area contributed by atoms with Gasteiger partial charge in [0, 0.05) is 0 Å². The van der Waals surface area contributed by atoms with E-state index in [1.54, 1.807) is 21.7 Å². The van der Waals surface area contributed by atoms with Crippen LogP contribution >= 0.6 is 19.8 Å². The molecule has 1 saturated carbocycles. The molecule has 0 amide bonds. The normalized spacial score (nSPS) is 61.5. The Hall–Kier alpha value is 0.730. The van der Waals surface area contributed by atoms with Crippen LogP contribution < -0.4 is 0 Å². The van der Waals surface area contributed by atoms with Crippen LogP contribution in [0.15, 0.2) is 0 Å². The van der Waals surface area contributed by atoms with Gasteiger partial charge in [0.25, 0.3) is 0 Å². The second-order valence-electron chi connectivity index (χ2n) is 3.33. The van der Waals surface area contributed by atoms with E-state index < -0.39 is 0 Å². The number of hydrogen-bond donors (Lipinski definition) is 0. The third-order valence-electron chi connectivity index (χ3n) is 2.98. The molecule has 0 aromatic rings. The molecular weight excluding hydrogens is 211 g/mol. The second-order valence-corrected chi connectivity index (χ2v) is 9.57. The van der Waals surface area contributed by atoms with Crippen LogP contribution in [0, 0.1) is 11.8 Å². The molecule has 0 aromatic carbocycles. The molecule has 2 heterocycles. The fourth-order valence-corrected chi connectivity index (χ4v) is 11.3. The van der Waals surface area contributed by atoms with Gasteiger partial charge in [0.15, 0.2) is 0 Å².